The molecule has 0 fully saturated rings. The van der Waals surface area contributed by atoms with E-state index in [4.69, 9.17) is 4.74 Å². The lowest BCUT2D eigenvalue weighted by atomic mass is 10.2. The maximum atomic E-state index is 12.7. The molecular formula is C18H15BrF3N3O3. The van der Waals surface area contributed by atoms with Gasteiger partial charge >= 0.3 is 6.18 Å². The standard InChI is InChI=1S/C18H15BrF3N3O3/c1-28-15-6-5-13(19)7-11(15)10-23-25-17(27)9-16(26)24-14-4-2-3-12(8-14)18(20,21)22/h2-8,10H,9H2,1H3,(H,24,26)(H,25,27)/b23-10+. The van der Waals surface area contributed by atoms with E-state index in [0.29, 0.717) is 11.3 Å². The molecule has 0 saturated heterocycles. The van der Waals surface area contributed by atoms with Gasteiger partial charge in [0.15, 0.2) is 0 Å². The first-order chi connectivity index (χ1) is 13.2. The molecule has 0 aliphatic rings. The van der Waals surface area contributed by atoms with Crippen LogP contribution < -0.4 is 15.5 Å². The number of carbonyl (C=O) groups is 2. The molecule has 2 N–H and O–H groups in total. The minimum Gasteiger partial charge on any atom is -0.496 e. The average Bonchev–Trinajstić information content (AvgIpc) is 2.61. The SMILES string of the molecule is COc1ccc(Br)cc1/C=N/NC(=O)CC(=O)Nc1cccc(C(F)(F)F)c1. The summed E-state index contributed by atoms with van der Waals surface area (Å²) >= 11 is 3.30. The Bertz CT molecular complexity index is 901. The third kappa shape index (κ3) is 6.38. The summed E-state index contributed by atoms with van der Waals surface area (Å²) in [5.74, 6) is -0.967. The number of hydrogen-bond acceptors (Lipinski definition) is 4. The van der Waals surface area contributed by atoms with Gasteiger partial charge in [-0.3, -0.25) is 9.59 Å². The molecule has 0 aliphatic heterocycles. The van der Waals surface area contributed by atoms with E-state index in [1.807, 2.05) is 0 Å². The van der Waals surface area contributed by atoms with Crippen molar-refractivity contribution in [3.8, 4) is 5.75 Å². The number of amides is 2. The van der Waals surface area contributed by atoms with Gasteiger partial charge in [-0.25, -0.2) is 5.43 Å². The third-order valence-corrected chi connectivity index (χ3v) is 3.87. The van der Waals surface area contributed by atoms with Gasteiger partial charge in [0.25, 0.3) is 0 Å². The Kier molecular flexibility index (Phi) is 7.16. The van der Waals surface area contributed by atoms with Crippen molar-refractivity contribution in [2.45, 2.75) is 12.6 Å². The van der Waals surface area contributed by atoms with Gasteiger partial charge in [-0.2, -0.15) is 18.3 Å². The first-order valence-corrected chi connectivity index (χ1v) is 8.61. The highest BCUT2D eigenvalue weighted by molar-refractivity contribution is 9.10. The van der Waals surface area contributed by atoms with E-state index in [-0.39, 0.29) is 5.69 Å². The van der Waals surface area contributed by atoms with E-state index in [1.54, 1.807) is 18.2 Å². The summed E-state index contributed by atoms with van der Waals surface area (Å²) in [4.78, 5) is 23.6. The number of rotatable bonds is 6. The number of hydrogen-bond donors (Lipinski definition) is 2. The molecule has 2 aromatic rings. The summed E-state index contributed by atoms with van der Waals surface area (Å²) in [5, 5.41) is 5.98. The van der Waals surface area contributed by atoms with E-state index in [9.17, 15) is 22.8 Å². The Labute approximate surface area is 166 Å². The van der Waals surface area contributed by atoms with Crippen molar-refractivity contribution in [1.82, 2.24) is 5.43 Å². The number of alkyl halides is 3. The largest absolute Gasteiger partial charge is 0.496 e. The Morgan fingerprint density at radius 2 is 1.93 bits per heavy atom. The zero-order valence-corrected chi connectivity index (χ0v) is 16.1. The summed E-state index contributed by atoms with van der Waals surface area (Å²) in [5.41, 5.74) is 1.80. The number of anilines is 1. The van der Waals surface area contributed by atoms with Crippen LogP contribution in [0.5, 0.6) is 5.75 Å². The summed E-state index contributed by atoms with van der Waals surface area (Å²) in [7, 11) is 1.48. The predicted octanol–water partition coefficient (Wildman–Crippen LogP) is 3.96. The number of carbonyl (C=O) groups excluding carboxylic acids is 2. The van der Waals surface area contributed by atoms with Gasteiger partial charge in [-0.05, 0) is 36.4 Å². The first kappa shape index (κ1) is 21.4. The quantitative estimate of drug-likeness (QED) is 0.391. The number of methoxy groups -OCH3 is 1. The molecule has 6 nitrogen and oxygen atoms in total. The van der Waals surface area contributed by atoms with Crippen LogP contribution in [-0.2, 0) is 15.8 Å². The minimum atomic E-state index is -4.53. The second kappa shape index (κ2) is 9.36. The van der Waals surface area contributed by atoms with Gasteiger partial charge < -0.3 is 10.1 Å². The van der Waals surface area contributed by atoms with E-state index in [2.05, 4.69) is 31.8 Å². The third-order valence-electron chi connectivity index (χ3n) is 3.38. The van der Waals surface area contributed by atoms with Gasteiger partial charge in [0.2, 0.25) is 11.8 Å². The lowest BCUT2D eigenvalue weighted by molar-refractivity contribution is -0.137. The van der Waals surface area contributed by atoms with E-state index in [0.717, 1.165) is 22.7 Å². The van der Waals surface area contributed by atoms with Crippen molar-refractivity contribution in [3.05, 3.63) is 58.1 Å². The maximum Gasteiger partial charge on any atom is 0.416 e. The zero-order valence-electron chi connectivity index (χ0n) is 14.5. The molecule has 0 radical (unpaired) electrons. The molecule has 148 valence electrons. The molecule has 0 atom stereocenters. The second-order valence-electron chi connectivity index (χ2n) is 5.48. The van der Waals surface area contributed by atoms with Gasteiger partial charge in [-0.15, -0.1) is 0 Å². The molecule has 0 aromatic heterocycles. The van der Waals surface area contributed by atoms with Gasteiger partial charge in [-0.1, -0.05) is 22.0 Å². The number of ether oxygens (including phenoxy) is 1. The molecule has 0 unspecified atom stereocenters. The zero-order chi connectivity index (χ0) is 20.7. The number of nitrogens with zero attached hydrogens (tertiary/aromatic N) is 1. The van der Waals surface area contributed by atoms with E-state index >= 15 is 0 Å². The fourth-order valence-electron chi connectivity index (χ4n) is 2.14. The minimum absolute atomic E-state index is 0.0602. The normalized spacial score (nSPS) is 11.3. The van der Waals surface area contributed by atoms with Crippen LogP contribution >= 0.6 is 15.9 Å². The highest BCUT2D eigenvalue weighted by Crippen LogP contribution is 2.30. The summed E-state index contributed by atoms with van der Waals surface area (Å²) in [6.45, 7) is 0. The van der Waals surface area contributed by atoms with E-state index < -0.39 is 30.0 Å². The Hall–Kier alpha value is -2.88. The van der Waals surface area contributed by atoms with Gasteiger partial charge in [0, 0.05) is 15.7 Å². The first-order valence-electron chi connectivity index (χ1n) is 7.81. The van der Waals surface area contributed by atoms with Crippen molar-refractivity contribution in [2.24, 2.45) is 5.10 Å². The average molecular weight is 458 g/mol. The van der Waals surface area contributed by atoms with Crippen LogP contribution in [0.2, 0.25) is 0 Å². The Morgan fingerprint density at radius 1 is 1.18 bits per heavy atom. The van der Waals surface area contributed by atoms with Gasteiger partial charge in [0.1, 0.15) is 12.2 Å². The van der Waals surface area contributed by atoms with Crippen molar-refractivity contribution < 1.29 is 27.5 Å². The fourth-order valence-corrected chi connectivity index (χ4v) is 2.52. The Morgan fingerprint density at radius 3 is 2.61 bits per heavy atom. The molecule has 2 rings (SSSR count). The summed E-state index contributed by atoms with van der Waals surface area (Å²) in [6.07, 6.45) is -3.80. The number of benzene rings is 2. The molecule has 2 amide bonds. The Balaban J connectivity index is 1.91. The molecule has 0 aliphatic carbocycles. The second-order valence-corrected chi connectivity index (χ2v) is 6.40. The summed E-state index contributed by atoms with van der Waals surface area (Å²) < 4.78 is 43.9. The smallest absolute Gasteiger partial charge is 0.416 e. The molecule has 0 heterocycles. The highest BCUT2D eigenvalue weighted by Gasteiger charge is 2.30. The summed E-state index contributed by atoms with van der Waals surface area (Å²) in [6, 6.07) is 9.31. The fraction of sp³-hybridized carbons (Fsp3) is 0.167. The van der Waals surface area contributed by atoms with Crippen molar-refractivity contribution in [1.29, 1.82) is 0 Å². The number of hydrazone groups is 1. The maximum absolute atomic E-state index is 12.7. The predicted molar refractivity (Wildman–Crippen MR) is 101 cm³/mol. The van der Waals surface area contributed by atoms with Crippen LogP contribution in [0.4, 0.5) is 18.9 Å². The van der Waals surface area contributed by atoms with Crippen LogP contribution in [0.25, 0.3) is 0 Å². The highest BCUT2D eigenvalue weighted by atomic mass is 79.9. The van der Waals surface area contributed by atoms with Crippen LogP contribution in [0, 0.1) is 0 Å². The van der Waals surface area contributed by atoms with Crippen LogP contribution in [0.15, 0.2) is 52.0 Å². The van der Waals surface area contributed by atoms with Crippen LogP contribution in [0.1, 0.15) is 17.5 Å². The van der Waals surface area contributed by atoms with E-state index in [1.165, 1.54) is 19.4 Å². The monoisotopic (exact) mass is 457 g/mol. The molecule has 0 bridgehead atoms. The van der Waals surface area contributed by atoms with Crippen molar-refractivity contribution in [2.75, 3.05) is 12.4 Å². The lowest BCUT2D eigenvalue weighted by Gasteiger charge is -2.09. The van der Waals surface area contributed by atoms with Crippen molar-refractivity contribution >= 4 is 39.6 Å². The molecule has 0 spiro atoms. The molecule has 10 heteroatoms. The number of nitrogens with one attached hydrogen (secondary N) is 2. The topological polar surface area (TPSA) is 79.8 Å². The molecule has 28 heavy (non-hydrogen) atoms. The number of halogens is 4. The molecule has 0 saturated carbocycles. The van der Waals surface area contributed by atoms with Crippen LogP contribution in [0.3, 0.4) is 0 Å². The molecule has 2 aromatic carbocycles. The molecular weight excluding hydrogens is 443 g/mol. The van der Waals surface area contributed by atoms with Gasteiger partial charge in [0.05, 0.1) is 18.9 Å². The van der Waals surface area contributed by atoms with Crippen LogP contribution in [-0.4, -0.2) is 25.1 Å². The lowest BCUT2D eigenvalue weighted by Crippen LogP contribution is -2.24. The van der Waals surface area contributed by atoms with Crippen molar-refractivity contribution in [3.63, 3.8) is 0 Å².